The van der Waals surface area contributed by atoms with Gasteiger partial charge in [-0.05, 0) is 30.0 Å². The minimum atomic E-state index is -0.331. The SMILES string of the molecule is CCC(Nc1ccc2n[nH]c(=O)n2n1)c1cccs1. The molecule has 0 amide bonds. The van der Waals surface area contributed by atoms with Gasteiger partial charge in [0, 0.05) is 4.88 Å². The molecule has 0 aliphatic heterocycles. The van der Waals surface area contributed by atoms with Crippen LogP contribution in [-0.4, -0.2) is 19.8 Å². The van der Waals surface area contributed by atoms with Gasteiger partial charge in [0.2, 0.25) is 0 Å². The van der Waals surface area contributed by atoms with E-state index >= 15 is 0 Å². The predicted molar refractivity (Wildman–Crippen MR) is 74.6 cm³/mol. The van der Waals surface area contributed by atoms with Crippen LogP contribution in [0.4, 0.5) is 5.82 Å². The topological polar surface area (TPSA) is 75.1 Å². The van der Waals surface area contributed by atoms with Crippen LogP contribution in [0.15, 0.2) is 34.4 Å². The van der Waals surface area contributed by atoms with Gasteiger partial charge in [-0.3, -0.25) is 0 Å². The van der Waals surface area contributed by atoms with Crippen LogP contribution in [0.3, 0.4) is 0 Å². The van der Waals surface area contributed by atoms with E-state index in [9.17, 15) is 4.79 Å². The van der Waals surface area contributed by atoms with Crippen molar-refractivity contribution in [1.82, 2.24) is 19.8 Å². The first-order valence-corrected chi connectivity index (χ1v) is 6.90. The summed E-state index contributed by atoms with van der Waals surface area (Å²) in [4.78, 5) is 12.7. The Hall–Kier alpha value is -2.15. The number of hydrogen-bond donors (Lipinski definition) is 2. The molecule has 0 fully saturated rings. The van der Waals surface area contributed by atoms with Crippen molar-refractivity contribution in [2.24, 2.45) is 0 Å². The molecule has 0 aliphatic rings. The molecular formula is C12H13N5OS. The third kappa shape index (κ3) is 2.24. The Labute approximate surface area is 113 Å². The Bertz CT molecular complexity index is 730. The molecule has 6 nitrogen and oxygen atoms in total. The van der Waals surface area contributed by atoms with Gasteiger partial charge < -0.3 is 5.32 Å². The van der Waals surface area contributed by atoms with Crippen LogP contribution in [0.1, 0.15) is 24.3 Å². The lowest BCUT2D eigenvalue weighted by Crippen LogP contribution is -2.15. The number of hydrogen-bond acceptors (Lipinski definition) is 5. The van der Waals surface area contributed by atoms with Crippen LogP contribution in [0.5, 0.6) is 0 Å². The Balaban J connectivity index is 1.91. The summed E-state index contributed by atoms with van der Waals surface area (Å²) in [5, 5.41) is 15.8. The first-order chi connectivity index (χ1) is 9.28. The quantitative estimate of drug-likeness (QED) is 0.764. The van der Waals surface area contributed by atoms with Crippen LogP contribution in [0.2, 0.25) is 0 Å². The summed E-state index contributed by atoms with van der Waals surface area (Å²) in [5.41, 5.74) is 0.183. The first-order valence-electron chi connectivity index (χ1n) is 6.02. The average molecular weight is 275 g/mol. The van der Waals surface area contributed by atoms with Crippen molar-refractivity contribution < 1.29 is 0 Å². The molecule has 0 aliphatic carbocycles. The summed E-state index contributed by atoms with van der Waals surface area (Å²) in [5.74, 6) is 0.663. The maximum absolute atomic E-state index is 11.5. The lowest BCUT2D eigenvalue weighted by Gasteiger charge is -2.15. The van der Waals surface area contributed by atoms with Gasteiger partial charge in [-0.2, -0.15) is 9.61 Å². The van der Waals surface area contributed by atoms with E-state index in [0.717, 1.165) is 6.42 Å². The molecular weight excluding hydrogens is 262 g/mol. The molecule has 98 valence electrons. The van der Waals surface area contributed by atoms with Gasteiger partial charge in [0.15, 0.2) is 5.65 Å². The molecule has 7 heteroatoms. The number of thiophene rings is 1. The first kappa shape index (κ1) is 11.9. The average Bonchev–Trinajstić information content (AvgIpc) is 3.07. The van der Waals surface area contributed by atoms with E-state index in [4.69, 9.17) is 0 Å². The van der Waals surface area contributed by atoms with Crippen LogP contribution in [0.25, 0.3) is 5.65 Å². The minimum Gasteiger partial charge on any atom is -0.361 e. The van der Waals surface area contributed by atoms with Crippen molar-refractivity contribution in [3.8, 4) is 0 Å². The molecule has 0 saturated heterocycles. The Kier molecular flexibility index (Phi) is 3.04. The Morgan fingerprint density at radius 2 is 2.37 bits per heavy atom. The van der Waals surface area contributed by atoms with Gasteiger partial charge in [-0.25, -0.2) is 9.89 Å². The van der Waals surface area contributed by atoms with E-state index in [1.54, 1.807) is 17.4 Å². The zero-order chi connectivity index (χ0) is 13.2. The third-order valence-electron chi connectivity index (χ3n) is 2.89. The fraction of sp³-hybridized carbons (Fsp3) is 0.250. The summed E-state index contributed by atoms with van der Waals surface area (Å²) in [6.07, 6.45) is 0.945. The van der Waals surface area contributed by atoms with Gasteiger partial charge in [0.05, 0.1) is 6.04 Å². The number of aromatic nitrogens is 4. The number of fused-ring (bicyclic) bond motifs is 1. The van der Waals surface area contributed by atoms with E-state index in [0.29, 0.717) is 11.5 Å². The van der Waals surface area contributed by atoms with Crippen molar-refractivity contribution >= 4 is 22.8 Å². The van der Waals surface area contributed by atoms with Crippen molar-refractivity contribution in [3.05, 3.63) is 45.0 Å². The second-order valence-electron chi connectivity index (χ2n) is 4.14. The zero-order valence-electron chi connectivity index (χ0n) is 10.3. The summed E-state index contributed by atoms with van der Waals surface area (Å²) in [6.45, 7) is 2.11. The van der Waals surface area contributed by atoms with Gasteiger partial charge in [0.25, 0.3) is 0 Å². The molecule has 1 unspecified atom stereocenters. The van der Waals surface area contributed by atoms with Crippen LogP contribution in [0, 0.1) is 0 Å². The molecule has 3 aromatic rings. The summed E-state index contributed by atoms with van der Waals surface area (Å²) in [7, 11) is 0. The van der Waals surface area contributed by atoms with Gasteiger partial charge in [-0.1, -0.05) is 13.0 Å². The Morgan fingerprint density at radius 3 is 3.11 bits per heavy atom. The summed E-state index contributed by atoms with van der Waals surface area (Å²) < 4.78 is 1.25. The number of nitrogens with zero attached hydrogens (tertiary/aromatic N) is 3. The van der Waals surface area contributed by atoms with E-state index in [2.05, 4.69) is 39.0 Å². The van der Waals surface area contributed by atoms with Crippen LogP contribution < -0.4 is 11.0 Å². The lowest BCUT2D eigenvalue weighted by atomic mass is 10.2. The van der Waals surface area contributed by atoms with Gasteiger partial charge in [-0.15, -0.1) is 16.4 Å². The second-order valence-corrected chi connectivity index (χ2v) is 5.12. The van der Waals surface area contributed by atoms with Crippen molar-refractivity contribution in [2.75, 3.05) is 5.32 Å². The lowest BCUT2D eigenvalue weighted by molar-refractivity contribution is 0.748. The maximum atomic E-state index is 11.5. The molecule has 0 bridgehead atoms. The van der Waals surface area contributed by atoms with Crippen LogP contribution >= 0.6 is 11.3 Å². The zero-order valence-corrected chi connectivity index (χ0v) is 11.1. The molecule has 3 aromatic heterocycles. The highest BCUT2D eigenvalue weighted by atomic mass is 32.1. The largest absolute Gasteiger partial charge is 0.364 e. The molecule has 3 heterocycles. The van der Waals surface area contributed by atoms with E-state index < -0.39 is 0 Å². The maximum Gasteiger partial charge on any atom is 0.364 e. The van der Waals surface area contributed by atoms with Crippen LogP contribution in [-0.2, 0) is 0 Å². The molecule has 3 rings (SSSR count). The molecule has 0 radical (unpaired) electrons. The highest BCUT2D eigenvalue weighted by Gasteiger charge is 2.11. The van der Waals surface area contributed by atoms with Crippen molar-refractivity contribution in [1.29, 1.82) is 0 Å². The fourth-order valence-electron chi connectivity index (χ4n) is 1.92. The molecule has 0 spiro atoms. The number of rotatable bonds is 4. The second kappa shape index (κ2) is 4.85. The fourth-order valence-corrected chi connectivity index (χ4v) is 2.78. The van der Waals surface area contributed by atoms with E-state index in [1.165, 1.54) is 9.39 Å². The van der Waals surface area contributed by atoms with E-state index in [1.807, 2.05) is 12.1 Å². The molecule has 0 aromatic carbocycles. The monoisotopic (exact) mass is 275 g/mol. The summed E-state index contributed by atoms with van der Waals surface area (Å²) in [6, 6.07) is 7.91. The van der Waals surface area contributed by atoms with Crippen molar-refractivity contribution in [2.45, 2.75) is 19.4 Å². The van der Waals surface area contributed by atoms with Crippen molar-refractivity contribution in [3.63, 3.8) is 0 Å². The predicted octanol–water partition coefficient (Wildman–Crippen LogP) is 2.04. The Morgan fingerprint density at radius 1 is 1.47 bits per heavy atom. The molecule has 2 N–H and O–H groups in total. The van der Waals surface area contributed by atoms with E-state index in [-0.39, 0.29) is 11.7 Å². The molecule has 1 atom stereocenters. The number of H-pyrrole nitrogens is 1. The smallest absolute Gasteiger partial charge is 0.361 e. The highest BCUT2D eigenvalue weighted by molar-refractivity contribution is 7.10. The minimum absolute atomic E-state index is 0.201. The van der Waals surface area contributed by atoms with Gasteiger partial charge in [0.1, 0.15) is 5.82 Å². The normalized spacial score (nSPS) is 12.7. The number of nitrogens with one attached hydrogen (secondary N) is 2. The number of aromatic amines is 1. The third-order valence-corrected chi connectivity index (χ3v) is 3.88. The highest BCUT2D eigenvalue weighted by Crippen LogP contribution is 2.25. The van der Waals surface area contributed by atoms with Gasteiger partial charge >= 0.3 is 5.69 Å². The summed E-state index contributed by atoms with van der Waals surface area (Å²) >= 11 is 1.71. The molecule has 0 saturated carbocycles. The molecule has 19 heavy (non-hydrogen) atoms. The standard InChI is InChI=1S/C12H13N5OS/c1-2-8(9-4-3-7-19-9)13-10-5-6-11-14-15-12(18)17(11)16-10/h3-8H,2H2,1H3,(H,13,16)(H,15,18). The number of anilines is 1.